The standard InChI is InChI=1S/C20H21ClN4OS/c1-24-10-13(11-24)12-25(2)20(26)22-15-8-6-14(7-9-15)19-23-17-5-3-4-16(21)18(17)27-19/h3-9,13H,10-12H2,1-2H3,(H,22,26). The number of aromatic nitrogens is 1. The molecule has 1 N–H and O–H groups in total. The molecule has 1 aliphatic rings. The van der Waals surface area contributed by atoms with Gasteiger partial charge in [-0.25, -0.2) is 9.78 Å². The van der Waals surface area contributed by atoms with Crippen molar-refractivity contribution in [3.8, 4) is 10.6 Å². The summed E-state index contributed by atoms with van der Waals surface area (Å²) >= 11 is 7.82. The second kappa shape index (κ2) is 7.46. The van der Waals surface area contributed by atoms with Gasteiger partial charge in [-0.05, 0) is 43.4 Å². The van der Waals surface area contributed by atoms with E-state index in [9.17, 15) is 4.79 Å². The van der Waals surface area contributed by atoms with Crippen molar-refractivity contribution in [2.24, 2.45) is 5.92 Å². The van der Waals surface area contributed by atoms with Crippen LogP contribution in [0.25, 0.3) is 20.8 Å². The summed E-state index contributed by atoms with van der Waals surface area (Å²) in [7, 11) is 3.93. The molecular formula is C20H21ClN4OS. The monoisotopic (exact) mass is 400 g/mol. The molecule has 0 radical (unpaired) electrons. The molecule has 1 fully saturated rings. The zero-order chi connectivity index (χ0) is 19.0. The van der Waals surface area contributed by atoms with Crippen LogP contribution in [0.3, 0.4) is 0 Å². The summed E-state index contributed by atoms with van der Waals surface area (Å²) in [6.07, 6.45) is 0. The highest BCUT2D eigenvalue weighted by Crippen LogP contribution is 2.34. The smallest absolute Gasteiger partial charge is 0.321 e. The molecule has 1 saturated heterocycles. The van der Waals surface area contributed by atoms with Crippen LogP contribution >= 0.6 is 22.9 Å². The molecular weight excluding hydrogens is 380 g/mol. The summed E-state index contributed by atoms with van der Waals surface area (Å²) in [5, 5.41) is 4.60. The SMILES string of the molecule is CN1CC(CN(C)C(=O)Nc2ccc(-c3nc4cccc(Cl)c4s3)cc2)C1. The van der Waals surface area contributed by atoms with E-state index < -0.39 is 0 Å². The molecule has 0 saturated carbocycles. The molecule has 4 rings (SSSR count). The molecule has 7 heteroatoms. The van der Waals surface area contributed by atoms with Gasteiger partial charge in [-0.1, -0.05) is 17.7 Å². The summed E-state index contributed by atoms with van der Waals surface area (Å²) in [5.41, 5.74) is 2.69. The third kappa shape index (κ3) is 3.93. The third-order valence-electron chi connectivity index (χ3n) is 4.77. The van der Waals surface area contributed by atoms with Crippen LogP contribution < -0.4 is 5.32 Å². The minimum absolute atomic E-state index is 0.0796. The van der Waals surface area contributed by atoms with Crippen molar-refractivity contribution in [3.05, 3.63) is 47.5 Å². The van der Waals surface area contributed by atoms with Crippen LogP contribution in [0.2, 0.25) is 5.02 Å². The predicted molar refractivity (Wildman–Crippen MR) is 113 cm³/mol. The maximum Gasteiger partial charge on any atom is 0.321 e. The first kappa shape index (κ1) is 18.2. The Kier molecular flexibility index (Phi) is 5.04. The average Bonchev–Trinajstić information content (AvgIpc) is 3.06. The van der Waals surface area contributed by atoms with Gasteiger partial charge in [-0.3, -0.25) is 0 Å². The van der Waals surface area contributed by atoms with Crippen LogP contribution in [-0.4, -0.2) is 54.5 Å². The van der Waals surface area contributed by atoms with Crippen LogP contribution in [-0.2, 0) is 0 Å². The Balaban J connectivity index is 1.42. The molecule has 2 aromatic carbocycles. The molecule has 0 unspecified atom stereocenters. The lowest BCUT2D eigenvalue weighted by molar-refractivity contribution is 0.109. The zero-order valence-corrected chi connectivity index (χ0v) is 16.8. The average molecular weight is 401 g/mol. The highest BCUT2D eigenvalue weighted by Gasteiger charge is 2.25. The molecule has 2 heterocycles. The van der Waals surface area contributed by atoms with Crippen molar-refractivity contribution in [2.45, 2.75) is 0 Å². The zero-order valence-electron chi connectivity index (χ0n) is 15.3. The Morgan fingerprint density at radius 3 is 2.70 bits per heavy atom. The van der Waals surface area contributed by atoms with Crippen LogP contribution in [0, 0.1) is 5.92 Å². The number of nitrogens with one attached hydrogen (secondary N) is 1. The Bertz CT molecular complexity index is 966. The molecule has 140 valence electrons. The van der Waals surface area contributed by atoms with Crippen LogP contribution in [0.15, 0.2) is 42.5 Å². The maximum atomic E-state index is 12.4. The Labute approximate surface area is 167 Å². The largest absolute Gasteiger partial charge is 0.327 e. The second-order valence-corrected chi connectivity index (χ2v) is 8.49. The minimum atomic E-state index is -0.0796. The Morgan fingerprint density at radius 2 is 2.04 bits per heavy atom. The number of thiazole rings is 1. The van der Waals surface area contributed by atoms with Crippen LogP contribution in [0.1, 0.15) is 0 Å². The molecule has 1 aromatic heterocycles. The predicted octanol–water partition coefficient (Wildman–Crippen LogP) is 4.64. The van der Waals surface area contributed by atoms with Gasteiger partial charge in [0.05, 0.1) is 15.2 Å². The second-order valence-electron chi connectivity index (χ2n) is 7.08. The number of hydrogen-bond acceptors (Lipinski definition) is 4. The summed E-state index contributed by atoms with van der Waals surface area (Å²) < 4.78 is 0.995. The summed E-state index contributed by atoms with van der Waals surface area (Å²) in [6.45, 7) is 2.89. The summed E-state index contributed by atoms with van der Waals surface area (Å²) in [5.74, 6) is 0.569. The van der Waals surface area contributed by atoms with Gasteiger partial charge in [0.15, 0.2) is 0 Å². The summed E-state index contributed by atoms with van der Waals surface area (Å²) in [6, 6.07) is 13.4. The topological polar surface area (TPSA) is 48.5 Å². The van der Waals surface area contributed by atoms with Gasteiger partial charge in [-0.15, -0.1) is 11.3 Å². The number of anilines is 1. The van der Waals surface area contributed by atoms with E-state index in [1.165, 1.54) is 0 Å². The molecule has 0 aliphatic carbocycles. The number of fused-ring (bicyclic) bond motifs is 1. The fraction of sp³-hybridized carbons (Fsp3) is 0.300. The highest BCUT2D eigenvalue weighted by atomic mass is 35.5. The van der Waals surface area contributed by atoms with Crippen LogP contribution in [0.4, 0.5) is 10.5 Å². The van der Waals surface area contributed by atoms with E-state index in [-0.39, 0.29) is 6.03 Å². The lowest BCUT2D eigenvalue weighted by Gasteiger charge is -2.38. The number of likely N-dealkylation sites (tertiary alicyclic amines) is 1. The van der Waals surface area contributed by atoms with E-state index in [2.05, 4.69) is 22.2 Å². The number of hydrogen-bond donors (Lipinski definition) is 1. The number of halogens is 1. The van der Waals surface area contributed by atoms with E-state index in [4.69, 9.17) is 11.6 Å². The fourth-order valence-electron chi connectivity index (χ4n) is 3.37. The van der Waals surface area contributed by atoms with Gasteiger partial charge in [0.1, 0.15) is 5.01 Å². The number of benzene rings is 2. The molecule has 3 aromatic rings. The van der Waals surface area contributed by atoms with Crippen molar-refractivity contribution in [2.75, 3.05) is 39.0 Å². The molecule has 0 spiro atoms. The van der Waals surface area contributed by atoms with Crippen molar-refractivity contribution < 1.29 is 4.79 Å². The molecule has 1 aliphatic heterocycles. The van der Waals surface area contributed by atoms with Crippen molar-refractivity contribution in [1.82, 2.24) is 14.8 Å². The van der Waals surface area contributed by atoms with Gasteiger partial charge in [0, 0.05) is 43.9 Å². The first-order valence-corrected chi connectivity index (χ1v) is 10.0. The normalized spacial score (nSPS) is 14.9. The van der Waals surface area contributed by atoms with Gasteiger partial charge in [0.2, 0.25) is 0 Å². The molecule has 0 atom stereocenters. The van der Waals surface area contributed by atoms with Gasteiger partial charge >= 0.3 is 6.03 Å². The first-order valence-electron chi connectivity index (χ1n) is 8.86. The number of rotatable bonds is 4. The van der Waals surface area contributed by atoms with E-state index in [0.717, 1.165) is 51.1 Å². The first-order chi connectivity index (χ1) is 13.0. The Hall–Kier alpha value is -2.15. The fourth-order valence-corrected chi connectivity index (χ4v) is 4.63. The minimum Gasteiger partial charge on any atom is -0.327 e. The molecule has 5 nitrogen and oxygen atoms in total. The number of urea groups is 1. The number of nitrogens with zero attached hydrogens (tertiary/aromatic N) is 3. The Morgan fingerprint density at radius 1 is 1.30 bits per heavy atom. The third-order valence-corrected chi connectivity index (χ3v) is 6.35. The number of carbonyl (C=O) groups excluding carboxylic acids is 1. The van der Waals surface area contributed by atoms with E-state index in [0.29, 0.717) is 5.92 Å². The molecule has 0 bridgehead atoms. The van der Waals surface area contributed by atoms with E-state index >= 15 is 0 Å². The quantitative estimate of drug-likeness (QED) is 0.693. The molecule has 27 heavy (non-hydrogen) atoms. The maximum absolute atomic E-state index is 12.4. The number of amides is 2. The van der Waals surface area contributed by atoms with Crippen LogP contribution in [0.5, 0.6) is 0 Å². The van der Waals surface area contributed by atoms with Gasteiger partial charge in [-0.2, -0.15) is 0 Å². The summed E-state index contributed by atoms with van der Waals surface area (Å²) in [4.78, 5) is 21.0. The van der Waals surface area contributed by atoms with E-state index in [1.807, 2.05) is 49.5 Å². The van der Waals surface area contributed by atoms with Gasteiger partial charge < -0.3 is 15.1 Å². The van der Waals surface area contributed by atoms with Crippen molar-refractivity contribution in [1.29, 1.82) is 0 Å². The number of carbonyl (C=O) groups is 1. The lowest BCUT2D eigenvalue weighted by Crippen LogP contribution is -2.50. The van der Waals surface area contributed by atoms with E-state index in [1.54, 1.807) is 16.2 Å². The van der Waals surface area contributed by atoms with Crippen molar-refractivity contribution in [3.63, 3.8) is 0 Å². The molecule has 2 amide bonds. The van der Waals surface area contributed by atoms with Crippen molar-refractivity contribution >= 4 is 44.9 Å². The highest BCUT2D eigenvalue weighted by molar-refractivity contribution is 7.22. The van der Waals surface area contributed by atoms with Gasteiger partial charge in [0.25, 0.3) is 0 Å². The lowest BCUT2D eigenvalue weighted by atomic mass is 10.0.